The molecule has 2 nitrogen and oxygen atoms in total. The number of rotatable bonds is 6. The van der Waals surface area contributed by atoms with Crippen LogP contribution in [0.5, 0.6) is 0 Å². The van der Waals surface area contributed by atoms with Crippen molar-refractivity contribution < 1.29 is 0 Å². The maximum absolute atomic E-state index is 2.56. The molecule has 0 N–H and O–H groups in total. The molecular weight excluding hydrogens is 348 g/mol. The van der Waals surface area contributed by atoms with Crippen LogP contribution >= 0.6 is 11.3 Å². The zero-order chi connectivity index (χ0) is 19.9. The van der Waals surface area contributed by atoms with Crippen molar-refractivity contribution in [1.82, 2.24) is 0 Å². The first kappa shape index (κ1) is 20.0. The number of nitrogens with zero attached hydrogens (tertiary/aromatic N) is 2. The van der Waals surface area contributed by atoms with Crippen LogP contribution in [0.2, 0.25) is 0 Å². The Balaban J connectivity index is 2.40. The largest absolute Gasteiger partial charge is 0.366 e. The lowest BCUT2D eigenvalue weighted by Crippen LogP contribution is -2.37. The zero-order valence-corrected chi connectivity index (χ0v) is 18.9. The smallest absolute Gasteiger partial charge is 0.0466 e. The topological polar surface area (TPSA) is 6.48 Å². The normalized spacial score (nSPS) is 12.3. The molecule has 0 radical (unpaired) electrons. The maximum Gasteiger partial charge on any atom is 0.0466 e. The van der Waals surface area contributed by atoms with E-state index in [2.05, 4.69) is 102 Å². The van der Waals surface area contributed by atoms with Crippen molar-refractivity contribution in [1.29, 1.82) is 0 Å². The van der Waals surface area contributed by atoms with Gasteiger partial charge in [0.15, 0.2) is 0 Å². The average Bonchev–Trinajstić information content (AvgIpc) is 2.93. The minimum absolute atomic E-state index is 0.462. The second kappa shape index (κ2) is 7.71. The summed E-state index contributed by atoms with van der Waals surface area (Å²) in [6, 6.07) is 15.4. The standard InChI is InChI=1S/C24H34N2S/c1-15(2)25(16(3)4)19-11-9-13-21-23(19)24-20(12-10-14-22(24)27-21)26(17(5)6)18(7)8/h9-18H,1-8H3. The molecule has 0 bridgehead atoms. The third-order valence-electron chi connectivity index (χ3n) is 5.26. The van der Waals surface area contributed by atoms with E-state index < -0.39 is 0 Å². The van der Waals surface area contributed by atoms with E-state index in [1.807, 2.05) is 11.3 Å². The summed E-state index contributed by atoms with van der Waals surface area (Å²) in [4.78, 5) is 5.11. The SMILES string of the molecule is CC(C)N(c1cccc2sc3cccc(N(C(C)C)C(C)C)c3c12)C(C)C. The van der Waals surface area contributed by atoms with Gasteiger partial charge in [-0.3, -0.25) is 0 Å². The van der Waals surface area contributed by atoms with Crippen molar-refractivity contribution in [2.45, 2.75) is 79.6 Å². The Bertz CT molecular complexity index is 830. The molecule has 146 valence electrons. The van der Waals surface area contributed by atoms with Crippen LogP contribution in [-0.4, -0.2) is 24.2 Å². The lowest BCUT2D eigenvalue weighted by molar-refractivity contribution is 0.609. The van der Waals surface area contributed by atoms with E-state index in [0.717, 1.165) is 0 Å². The number of hydrogen-bond acceptors (Lipinski definition) is 3. The summed E-state index contributed by atoms with van der Waals surface area (Å²) in [5.41, 5.74) is 2.73. The Morgan fingerprint density at radius 1 is 0.556 bits per heavy atom. The monoisotopic (exact) mass is 382 g/mol. The fourth-order valence-corrected chi connectivity index (χ4v) is 5.71. The molecule has 0 atom stereocenters. The molecule has 3 rings (SSSR count). The van der Waals surface area contributed by atoms with E-state index in [0.29, 0.717) is 24.2 Å². The maximum atomic E-state index is 2.56. The second-order valence-electron chi connectivity index (χ2n) is 8.59. The van der Waals surface area contributed by atoms with E-state index in [-0.39, 0.29) is 0 Å². The molecule has 0 aliphatic carbocycles. The summed E-state index contributed by atoms with van der Waals surface area (Å²) in [6.07, 6.45) is 0. The molecule has 0 fully saturated rings. The minimum atomic E-state index is 0.462. The molecule has 3 heteroatoms. The van der Waals surface area contributed by atoms with Crippen LogP contribution in [0, 0.1) is 0 Å². The molecule has 0 aliphatic rings. The van der Waals surface area contributed by atoms with Gasteiger partial charge in [-0.15, -0.1) is 11.3 Å². The van der Waals surface area contributed by atoms with Crippen molar-refractivity contribution in [3.63, 3.8) is 0 Å². The number of anilines is 2. The second-order valence-corrected chi connectivity index (χ2v) is 9.68. The lowest BCUT2D eigenvalue weighted by atomic mass is 10.0. The molecule has 0 spiro atoms. The summed E-state index contributed by atoms with van der Waals surface area (Å²) >= 11 is 1.92. The summed E-state index contributed by atoms with van der Waals surface area (Å²) < 4.78 is 2.77. The van der Waals surface area contributed by atoms with E-state index in [1.165, 1.54) is 31.5 Å². The molecule has 2 aromatic carbocycles. The summed E-state index contributed by atoms with van der Waals surface area (Å²) in [7, 11) is 0. The van der Waals surface area contributed by atoms with Crippen LogP contribution in [0.1, 0.15) is 55.4 Å². The van der Waals surface area contributed by atoms with Gasteiger partial charge in [0.25, 0.3) is 0 Å². The first-order valence-electron chi connectivity index (χ1n) is 10.2. The predicted molar refractivity (Wildman–Crippen MR) is 125 cm³/mol. The van der Waals surface area contributed by atoms with Crippen LogP contribution in [-0.2, 0) is 0 Å². The Labute approximate surface area is 168 Å². The van der Waals surface area contributed by atoms with Gasteiger partial charge in [0, 0.05) is 55.7 Å². The van der Waals surface area contributed by atoms with Crippen LogP contribution < -0.4 is 9.80 Å². The van der Waals surface area contributed by atoms with E-state index >= 15 is 0 Å². The highest BCUT2D eigenvalue weighted by Gasteiger charge is 2.23. The van der Waals surface area contributed by atoms with E-state index in [4.69, 9.17) is 0 Å². The van der Waals surface area contributed by atoms with Crippen LogP contribution in [0.25, 0.3) is 20.2 Å². The van der Waals surface area contributed by atoms with Gasteiger partial charge >= 0.3 is 0 Å². The quantitative estimate of drug-likeness (QED) is 0.441. The lowest BCUT2D eigenvalue weighted by Gasteiger charge is -2.35. The summed E-state index contributed by atoms with van der Waals surface area (Å²) in [5, 5.41) is 2.84. The Morgan fingerprint density at radius 3 is 1.19 bits per heavy atom. The number of hydrogen-bond donors (Lipinski definition) is 0. The Kier molecular flexibility index (Phi) is 5.71. The first-order valence-corrected chi connectivity index (χ1v) is 11.1. The molecular formula is C24H34N2S. The first-order chi connectivity index (χ1) is 12.7. The van der Waals surface area contributed by atoms with E-state index in [9.17, 15) is 0 Å². The molecule has 0 saturated carbocycles. The van der Waals surface area contributed by atoms with Gasteiger partial charge < -0.3 is 9.80 Å². The highest BCUT2D eigenvalue weighted by Crippen LogP contribution is 2.45. The van der Waals surface area contributed by atoms with Crippen LogP contribution in [0.3, 0.4) is 0 Å². The number of fused-ring (bicyclic) bond motifs is 3. The Hall–Kier alpha value is -1.74. The zero-order valence-electron chi connectivity index (χ0n) is 18.1. The molecule has 0 saturated heterocycles. The minimum Gasteiger partial charge on any atom is -0.366 e. The highest BCUT2D eigenvalue weighted by molar-refractivity contribution is 7.26. The van der Waals surface area contributed by atoms with Gasteiger partial charge in [-0.25, -0.2) is 0 Å². The number of benzene rings is 2. The summed E-state index contributed by atoms with van der Waals surface area (Å²) in [5.74, 6) is 0. The van der Waals surface area contributed by atoms with Gasteiger partial charge in [0.05, 0.1) is 0 Å². The van der Waals surface area contributed by atoms with E-state index in [1.54, 1.807) is 0 Å². The average molecular weight is 383 g/mol. The van der Waals surface area contributed by atoms with Crippen molar-refractivity contribution in [2.75, 3.05) is 9.80 Å². The van der Waals surface area contributed by atoms with Gasteiger partial charge in [-0.2, -0.15) is 0 Å². The predicted octanol–water partition coefficient (Wildman–Crippen LogP) is 7.30. The van der Waals surface area contributed by atoms with Crippen LogP contribution in [0.4, 0.5) is 11.4 Å². The molecule has 0 unspecified atom stereocenters. The van der Waals surface area contributed by atoms with Gasteiger partial charge in [0.1, 0.15) is 0 Å². The van der Waals surface area contributed by atoms with Crippen molar-refractivity contribution in [3.8, 4) is 0 Å². The third-order valence-corrected chi connectivity index (χ3v) is 6.38. The molecule has 0 amide bonds. The Morgan fingerprint density at radius 2 is 0.889 bits per heavy atom. The molecule has 27 heavy (non-hydrogen) atoms. The molecule has 0 aliphatic heterocycles. The third kappa shape index (κ3) is 3.54. The molecule has 1 aromatic heterocycles. The highest BCUT2D eigenvalue weighted by atomic mass is 32.1. The van der Waals surface area contributed by atoms with Gasteiger partial charge in [-0.05, 0) is 79.7 Å². The van der Waals surface area contributed by atoms with Crippen molar-refractivity contribution >= 4 is 42.9 Å². The van der Waals surface area contributed by atoms with Gasteiger partial charge in [0.2, 0.25) is 0 Å². The molecule has 3 aromatic rings. The fourth-order valence-electron chi connectivity index (χ4n) is 4.57. The molecule has 1 heterocycles. The number of thiophene rings is 1. The van der Waals surface area contributed by atoms with Crippen LogP contribution in [0.15, 0.2) is 36.4 Å². The van der Waals surface area contributed by atoms with Crippen molar-refractivity contribution in [2.24, 2.45) is 0 Å². The fraction of sp³-hybridized carbons (Fsp3) is 0.500. The van der Waals surface area contributed by atoms with Gasteiger partial charge in [-0.1, -0.05) is 12.1 Å². The van der Waals surface area contributed by atoms with Crippen molar-refractivity contribution in [3.05, 3.63) is 36.4 Å². The summed E-state index contributed by atoms with van der Waals surface area (Å²) in [6.45, 7) is 18.4.